The van der Waals surface area contributed by atoms with Gasteiger partial charge in [0.25, 0.3) is 0 Å². The quantitative estimate of drug-likeness (QED) is 0.867. The summed E-state index contributed by atoms with van der Waals surface area (Å²) in [6.45, 7) is 4.36. The van der Waals surface area contributed by atoms with E-state index in [9.17, 15) is 0 Å². The smallest absolute Gasteiger partial charge is 0.224 e. The van der Waals surface area contributed by atoms with Crippen molar-refractivity contribution in [3.8, 4) is 0 Å². The lowest BCUT2D eigenvalue weighted by molar-refractivity contribution is 0.352. The van der Waals surface area contributed by atoms with Crippen LogP contribution in [0.3, 0.4) is 0 Å². The lowest BCUT2D eigenvalue weighted by Crippen LogP contribution is -2.26. The molecule has 0 spiro atoms. The predicted octanol–water partition coefficient (Wildman–Crippen LogP) is 2.40. The Morgan fingerprint density at radius 3 is 2.94 bits per heavy atom. The summed E-state index contributed by atoms with van der Waals surface area (Å²) in [7, 11) is 0. The maximum atomic E-state index is 5.73. The summed E-state index contributed by atoms with van der Waals surface area (Å²) in [5.41, 5.74) is 0. The summed E-state index contributed by atoms with van der Waals surface area (Å²) in [6, 6.07) is 0. The third-order valence-corrected chi connectivity index (χ3v) is 3.40. The van der Waals surface area contributed by atoms with Gasteiger partial charge in [0.1, 0.15) is 5.82 Å². The fourth-order valence-corrected chi connectivity index (χ4v) is 2.27. The molecule has 0 bridgehead atoms. The van der Waals surface area contributed by atoms with Crippen molar-refractivity contribution < 1.29 is 0 Å². The van der Waals surface area contributed by atoms with E-state index in [0.29, 0.717) is 0 Å². The second-order valence-electron chi connectivity index (χ2n) is 3.81. The number of nitrogens with zero attached hydrogens (tertiary/aromatic N) is 3. The first kappa shape index (κ1) is 12.1. The molecule has 0 amide bonds. The van der Waals surface area contributed by atoms with Crippen LogP contribution in [0.5, 0.6) is 0 Å². The van der Waals surface area contributed by atoms with Gasteiger partial charge in [0, 0.05) is 19.3 Å². The van der Waals surface area contributed by atoms with Gasteiger partial charge in [-0.2, -0.15) is 4.98 Å². The molecule has 1 aromatic heterocycles. The average molecular weight is 306 g/mol. The Morgan fingerprint density at radius 1 is 1.44 bits per heavy atom. The lowest BCUT2D eigenvalue weighted by Gasteiger charge is -2.15. The summed E-state index contributed by atoms with van der Waals surface area (Å²) < 4.78 is 0.846. The molecule has 0 aromatic carbocycles. The highest BCUT2D eigenvalue weighted by Crippen LogP contribution is 2.19. The van der Waals surface area contributed by atoms with Gasteiger partial charge in [-0.25, -0.2) is 4.98 Å². The molecular formula is C10H14BrClN4. The highest BCUT2D eigenvalue weighted by molar-refractivity contribution is 9.10. The summed E-state index contributed by atoms with van der Waals surface area (Å²) in [6.07, 6.45) is 4.31. The van der Waals surface area contributed by atoms with Gasteiger partial charge in [0.2, 0.25) is 5.28 Å². The molecule has 6 heteroatoms. The number of rotatable bonds is 4. The SMILES string of the molecule is Clc1ncc(Br)c(NCCN2CCCC2)n1. The molecule has 1 aliphatic rings. The zero-order valence-corrected chi connectivity index (χ0v) is 11.3. The van der Waals surface area contributed by atoms with Crippen LogP contribution in [-0.4, -0.2) is 41.0 Å². The number of halogens is 2. The first-order chi connectivity index (χ1) is 7.75. The number of nitrogens with one attached hydrogen (secondary N) is 1. The van der Waals surface area contributed by atoms with Gasteiger partial charge < -0.3 is 10.2 Å². The number of hydrogen-bond acceptors (Lipinski definition) is 4. The van der Waals surface area contributed by atoms with Crippen molar-refractivity contribution >= 4 is 33.3 Å². The van der Waals surface area contributed by atoms with Gasteiger partial charge in [0.15, 0.2) is 0 Å². The molecule has 1 saturated heterocycles. The van der Waals surface area contributed by atoms with Crippen LogP contribution in [0, 0.1) is 0 Å². The molecule has 1 aliphatic heterocycles. The maximum Gasteiger partial charge on any atom is 0.224 e. The van der Waals surface area contributed by atoms with Crippen LogP contribution in [0.1, 0.15) is 12.8 Å². The molecule has 2 rings (SSSR count). The Bertz CT molecular complexity index is 355. The summed E-state index contributed by atoms with van der Waals surface area (Å²) in [5, 5.41) is 3.53. The monoisotopic (exact) mass is 304 g/mol. The van der Waals surface area contributed by atoms with Crippen LogP contribution in [0.2, 0.25) is 5.28 Å². The molecule has 0 unspecified atom stereocenters. The molecule has 16 heavy (non-hydrogen) atoms. The molecule has 1 fully saturated rings. The van der Waals surface area contributed by atoms with Crippen LogP contribution in [0.25, 0.3) is 0 Å². The second kappa shape index (κ2) is 5.80. The third kappa shape index (κ3) is 3.30. The third-order valence-electron chi connectivity index (χ3n) is 2.63. The van der Waals surface area contributed by atoms with E-state index >= 15 is 0 Å². The number of hydrogen-bond donors (Lipinski definition) is 1. The Hall–Kier alpha value is -0.390. The Morgan fingerprint density at radius 2 is 2.19 bits per heavy atom. The Kier molecular flexibility index (Phi) is 4.37. The summed E-state index contributed by atoms with van der Waals surface area (Å²) >= 11 is 9.11. The molecule has 0 saturated carbocycles. The summed E-state index contributed by atoms with van der Waals surface area (Å²) in [5.74, 6) is 0.763. The van der Waals surface area contributed by atoms with E-state index in [0.717, 1.165) is 23.4 Å². The minimum absolute atomic E-state index is 0.270. The molecule has 0 aliphatic carbocycles. The minimum atomic E-state index is 0.270. The van der Waals surface area contributed by atoms with Crippen LogP contribution in [0.4, 0.5) is 5.82 Å². The number of anilines is 1. The molecule has 88 valence electrons. The van der Waals surface area contributed by atoms with E-state index < -0.39 is 0 Å². The van der Waals surface area contributed by atoms with Gasteiger partial charge in [-0.1, -0.05) is 0 Å². The number of likely N-dealkylation sites (tertiary alicyclic amines) is 1. The van der Waals surface area contributed by atoms with E-state index in [-0.39, 0.29) is 5.28 Å². The highest BCUT2D eigenvalue weighted by atomic mass is 79.9. The van der Waals surface area contributed by atoms with E-state index in [2.05, 4.69) is 36.1 Å². The van der Waals surface area contributed by atoms with E-state index in [1.54, 1.807) is 6.20 Å². The topological polar surface area (TPSA) is 41.1 Å². The van der Waals surface area contributed by atoms with Crippen LogP contribution >= 0.6 is 27.5 Å². The molecule has 4 nitrogen and oxygen atoms in total. The van der Waals surface area contributed by atoms with E-state index in [1.165, 1.54) is 25.9 Å². The molecule has 2 heterocycles. The van der Waals surface area contributed by atoms with Crippen molar-refractivity contribution in [3.05, 3.63) is 16.0 Å². The van der Waals surface area contributed by atoms with Crippen LogP contribution in [-0.2, 0) is 0 Å². The molecule has 1 aromatic rings. The van der Waals surface area contributed by atoms with Crippen molar-refractivity contribution in [1.82, 2.24) is 14.9 Å². The van der Waals surface area contributed by atoms with E-state index in [1.807, 2.05) is 0 Å². The van der Waals surface area contributed by atoms with Crippen LogP contribution < -0.4 is 5.32 Å². The van der Waals surface area contributed by atoms with Gasteiger partial charge >= 0.3 is 0 Å². The fraction of sp³-hybridized carbons (Fsp3) is 0.600. The largest absolute Gasteiger partial charge is 0.368 e. The standard InChI is InChI=1S/C10H14BrClN4/c11-8-7-14-10(12)15-9(8)13-3-6-16-4-1-2-5-16/h7H,1-6H2,(H,13,14,15). The van der Waals surface area contributed by atoms with Crippen molar-refractivity contribution in [1.29, 1.82) is 0 Å². The summed E-state index contributed by atoms with van der Waals surface area (Å²) in [4.78, 5) is 10.4. The molecule has 0 radical (unpaired) electrons. The minimum Gasteiger partial charge on any atom is -0.368 e. The zero-order valence-electron chi connectivity index (χ0n) is 8.92. The van der Waals surface area contributed by atoms with Crippen LogP contribution in [0.15, 0.2) is 10.7 Å². The van der Waals surface area contributed by atoms with Crippen molar-refractivity contribution in [2.75, 3.05) is 31.5 Å². The van der Waals surface area contributed by atoms with Crippen molar-refractivity contribution in [2.45, 2.75) is 12.8 Å². The zero-order chi connectivity index (χ0) is 11.4. The lowest BCUT2D eigenvalue weighted by atomic mass is 10.4. The predicted molar refractivity (Wildman–Crippen MR) is 68.9 cm³/mol. The van der Waals surface area contributed by atoms with E-state index in [4.69, 9.17) is 11.6 Å². The molecule has 1 N–H and O–H groups in total. The first-order valence-corrected chi connectivity index (χ1v) is 6.57. The van der Waals surface area contributed by atoms with Gasteiger partial charge in [-0.05, 0) is 53.5 Å². The Balaban J connectivity index is 1.82. The fourth-order valence-electron chi connectivity index (χ4n) is 1.81. The highest BCUT2D eigenvalue weighted by Gasteiger charge is 2.10. The molecular weight excluding hydrogens is 291 g/mol. The second-order valence-corrected chi connectivity index (χ2v) is 5.00. The average Bonchev–Trinajstić information content (AvgIpc) is 2.76. The maximum absolute atomic E-state index is 5.73. The molecule has 0 atom stereocenters. The van der Waals surface area contributed by atoms with Gasteiger partial charge in [-0.3, -0.25) is 0 Å². The van der Waals surface area contributed by atoms with Gasteiger partial charge in [0.05, 0.1) is 4.47 Å². The first-order valence-electron chi connectivity index (χ1n) is 5.40. The van der Waals surface area contributed by atoms with Crippen molar-refractivity contribution in [2.24, 2.45) is 0 Å². The van der Waals surface area contributed by atoms with Crippen molar-refractivity contribution in [3.63, 3.8) is 0 Å². The normalized spacial score (nSPS) is 16.6. The van der Waals surface area contributed by atoms with Gasteiger partial charge in [-0.15, -0.1) is 0 Å². The Labute approximate surface area is 109 Å². The number of aromatic nitrogens is 2.